The van der Waals surface area contributed by atoms with E-state index in [1.54, 1.807) is 18.3 Å². The SMILES string of the molecule is CC[C@H](C)c1nc2ccc(Br)cc2c(=O)n1N=Cc1cc(OC)c(OCC#N)c(Br)c1Br. The Bertz CT molecular complexity index is 1300. The van der Waals surface area contributed by atoms with Gasteiger partial charge in [0.2, 0.25) is 0 Å². The summed E-state index contributed by atoms with van der Waals surface area (Å²) in [6.45, 7) is 3.92. The number of benzene rings is 2. The van der Waals surface area contributed by atoms with E-state index in [1.807, 2.05) is 32.0 Å². The van der Waals surface area contributed by atoms with Gasteiger partial charge in [-0.2, -0.15) is 15.0 Å². The molecule has 32 heavy (non-hydrogen) atoms. The number of ether oxygens (including phenoxy) is 2. The lowest BCUT2D eigenvalue weighted by Crippen LogP contribution is -2.23. The van der Waals surface area contributed by atoms with Gasteiger partial charge >= 0.3 is 0 Å². The van der Waals surface area contributed by atoms with E-state index in [0.29, 0.717) is 42.7 Å². The molecule has 0 aliphatic carbocycles. The van der Waals surface area contributed by atoms with E-state index in [4.69, 9.17) is 19.7 Å². The summed E-state index contributed by atoms with van der Waals surface area (Å²) < 4.78 is 14.2. The molecule has 1 aromatic heterocycles. The van der Waals surface area contributed by atoms with Gasteiger partial charge in [-0.05, 0) is 62.5 Å². The van der Waals surface area contributed by atoms with Crippen LogP contribution >= 0.6 is 47.8 Å². The lowest BCUT2D eigenvalue weighted by molar-refractivity contribution is 0.327. The molecule has 0 N–H and O–H groups in total. The average Bonchev–Trinajstić information content (AvgIpc) is 2.79. The van der Waals surface area contributed by atoms with Gasteiger partial charge in [0, 0.05) is 20.4 Å². The molecule has 0 aliphatic heterocycles. The monoisotopic (exact) mass is 624 g/mol. The molecule has 0 saturated carbocycles. The van der Waals surface area contributed by atoms with Gasteiger partial charge in [0.05, 0.1) is 28.7 Å². The van der Waals surface area contributed by atoms with Crippen LogP contribution < -0.4 is 15.0 Å². The van der Waals surface area contributed by atoms with Crippen LogP contribution in [0.4, 0.5) is 0 Å². The van der Waals surface area contributed by atoms with Crippen LogP contribution in [0, 0.1) is 11.3 Å². The number of hydrogen-bond donors (Lipinski definition) is 0. The van der Waals surface area contributed by atoms with Crippen LogP contribution in [0.5, 0.6) is 11.5 Å². The highest BCUT2D eigenvalue weighted by molar-refractivity contribution is 9.13. The molecule has 3 aromatic rings. The molecule has 0 bridgehead atoms. The molecular weight excluding hydrogens is 608 g/mol. The molecule has 0 radical (unpaired) electrons. The van der Waals surface area contributed by atoms with Crippen LogP contribution in [-0.2, 0) is 0 Å². The first kappa shape index (κ1) is 24.4. The molecule has 2 aromatic carbocycles. The molecule has 0 amide bonds. The van der Waals surface area contributed by atoms with Crippen LogP contribution in [0.25, 0.3) is 10.9 Å². The Balaban J connectivity index is 2.18. The quantitative estimate of drug-likeness (QED) is 0.301. The lowest BCUT2D eigenvalue weighted by atomic mass is 10.1. The fraction of sp³-hybridized carbons (Fsp3) is 0.273. The summed E-state index contributed by atoms with van der Waals surface area (Å²) in [6, 6.07) is 9.07. The minimum Gasteiger partial charge on any atom is -0.493 e. The fourth-order valence-corrected chi connectivity index (χ4v) is 4.28. The largest absolute Gasteiger partial charge is 0.493 e. The third-order valence-corrected chi connectivity index (χ3v) is 7.49. The maximum atomic E-state index is 13.3. The molecule has 0 fully saturated rings. The number of rotatable bonds is 7. The average molecular weight is 627 g/mol. The highest BCUT2D eigenvalue weighted by atomic mass is 79.9. The molecule has 1 heterocycles. The molecule has 10 heteroatoms. The maximum absolute atomic E-state index is 13.3. The molecular formula is C22H19Br3N4O3. The second-order valence-corrected chi connectivity index (χ2v) is 9.38. The van der Waals surface area contributed by atoms with E-state index in [1.165, 1.54) is 11.8 Å². The van der Waals surface area contributed by atoms with E-state index >= 15 is 0 Å². The van der Waals surface area contributed by atoms with Crippen molar-refractivity contribution in [2.45, 2.75) is 26.2 Å². The number of aromatic nitrogens is 2. The number of hydrogen-bond acceptors (Lipinski definition) is 6. The second kappa shape index (κ2) is 10.6. The van der Waals surface area contributed by atoms with E-state index < -0.39 is 0 Å². The first-order chi connectivity index (χ1) is 15.3. The summed E-state index contributed by atoms with van der Waals surface area (Å²) in [4.78, 5) is 18.0. The Labute approximate surface area is 210 Å². The first-order valence-corrected chi connectivity index (χ1v) is 12.0. The van der Waals surface area contributed by atoms with E-state index in [9.17, 15) is 4.79 Å². The Morgan fingerprint density at radius 2 is 2.03 bits per heavy atom. The van der Waals surface area contributed by atoms with Crippen molar-refractivity contribution in [2.24, 2.45) is 5.10 Å². The Morgan fingerprint density at radius 3 is 2.69 bits per heavy atom. The van der Waals surface area contributed by atoms with Crippen molar-refractivity contribution in [1.82, 2.24) is 9.66 Å². The van der Waals surface area contributed by atoms with Crippen LogP contribution in [-0.4, -0.2) is 29.6 Å². The highest BCUT2D eigenvalue weighted by Gasteiger charge is 2.18. The van der Waals surface area contributed by atoms with E-state index in [2.05, 4.69) is 52.9 Å². The van der Waals surface area contributed by atoms with Crippen molar-refractivity contribution in [2.75, 3.05) is 13.7 Å². The minimum absolute atomic E-state index is 0.0272. The molecule has 0 saturated heterocycles. The molecule has 0 aliphatic rings. The molecule has 1 atom stereocenters. The van der Waals surface area contributed by atoms with Crippen molar-refractivity contribution in [1.29, 1.82) is 5.26 Å². The number of fused-ring (bicyclic) bond motifs is 1. The number of halogens is 3. The summed E-state index contributed by atoms with van der Waals surface area (Å²) in [5.41, 5.74) is 1.03. The molecule has 0 unspecified atom stereocenters. The second-order valence-electron chi connectivity index (χ2n) is 6.87. The van der Waals surface area contributed by atoms with Gasteiger partial charge < -0.3 is 9.47 Å². The van der Waals surface area contributed by atoms with Crippen molar-refractivity contribution in [3.8, 4) is 17.6 Å². The first-order valence-electron chi connectivity index (χ1n) is 9.64. The van der Waals surface area contributed by atoms with Crippen LogP contribution in [0.15, 0.2) is 47.6 Å². The predicted molar refractivity (Wildman–Crippen MR) is 135 cm³/mol. The van der Waals surface area contributed by atoms with Gasteiger partial charge in [0.25, 0.3) is 5.56 Å². The molecule has 0 spiro atoms. The summed E-state index contributed by atoms with van der Waals surface area (Å²) in [6.07, 6.45) is 2.36. The van der Waals surface area contributed by atoms with Crippen LogP contribution in [0.1, 0.15) is 37.6 Å². The number of methoxy groups -OCH3 is 1. The van der Waals surface area contributed by atoms with Crippen molar-refractivity contribution < 1.29 is 9.47 Å². The zero-order valence-corrected chi connectivity index (χ0v) is 22.3. The molecule has 3 rings (SSSR count). The normalized spacial score (nSPS) is 12.2. The van der Waals surface area contributed by atoms with Gasteiger partial charge in [-0.25, -0.2) is 4.98 Å². The smallest absolute Gasteiger partial charge is 0.282 e. The zero-order chi connectivity index (χ0) is 23.4. The van der Waals surface area contributed by atoms with E-state index in [0.717, 1.165) is 10.9 Å². The zero-order valence-electron chi connectivity index (χ0n) is 17.5. The lowest BCUT2D eigenvalue weighted by Gasteiger charge is -2.15. The third-order valence-electron chi connectivity index (χ3n) is 4.86. The van der Waals surface area contributed by atoms with Crippen LogP contribution in [0.2, 0.25) is 0 Å². The standard InChI is InChI=1S/C22H19Br3N4O3/c1-4-12(2)21-28-16-6-5-14(23)10-15(16)22(30)29(21)27-11-13-9-17(31-3)20(32-8-7-26)19(25)18(13)24/h5-6,9-12H,4,8H2,1-3H3/t12-/m0/s1. The highest BCUT2D eigenvalue weighted by Crippen LogP contribution is 2.42. The Morgan fingerprint density at radius 1 is 1.28 bits per heavy atom. The van der Waals surface area contributed by atoms with Crippen molar-refractivity contribution in [3.63, 3.8) is 0 Å². The van der Waals surface area contributed by atoms with Crippen LogP contribution in [0.3, 0.4) is 0 Å². The maximum Gasteiger partial charge on any atom is 0.282 e. The number of nitrogens with zero attached hydrogens (tertiary/aromatic N) is 4. The predicted octanol–water partition coefficient (Wildman–Crippen LogP) is 5.99. The molecule has 7 nitrogen and oxygen atoms in total. The summed E-state index contributed by atoms with van der Waals surface area (Å²) in [5.74, 6) is 1.43. The number of nitriles is 1. The summed E-state index contributed by atoms with van der Waals surface area (Å²) in [7, 11) is 1.51. The minimum atomic E-state index is -0.251. The van der Waals surface area contributed by atoms with Gasteiger partial charge in [-0.15, -0.1) is 0 Å². The third kappa shape index (κ3) is 4.90. The van der Waals surface area contributed by atoms with Crippen molar-refractivity contribution >= 4 is 64.9 Å². The van der Waals surface area contributed by atoms with Gasteiger partial charge in [-0.3, -0.25) is 4.79 Å². The summed E-state index contributed by atoms with van der Waals surface area (Å²) in [5, 5.41) is 13.8. The molecule has 166 valence electrons. The Hall–Kier alpha value is -2.22. The van der Waals surface area contributed by atoms with Gasteiger partial charge in [0.15, 0.2) is 18.1 Å². The Kier molecular flexibility index (Phi) is 8.09. The fourth-order valence-electron chi connectivity index (χ4n) is 2.99. The van der Waals surface area contributed by atoms with E-state index in [-0.39, 0.29) is 18.1 Å². The van der Waals surface area contributed by atoms with Crippen molar-refractivity contribution in [3.05, 3.63) is 59.4 Å². The topological polar surface area (TPSA) is 89.5 Å². The van der Waals surface area contributed by atoms with Gasteiger partial charge in [-0.1, -0.05) is 29.8 Å². The summed E-state index contributed by atoms with van der Waals surface area (Å²) >= 11 is 10.4. The van der Waals surface area contributed by atoms with Gasteiger partial charge in [0.1, 0.15) is 11.9 Å².